The van der Waals surface area contributed by atoms with Crippen molar-refractivity contribution in [1.29, 1.82) is 0 Å². The Hall–Kier alpha value is -2.58. The van der Waals surface area contributed by atoms with Crippen LogP contribution in [0.25, 0.3) is 0 Å². The van der Waals surface area contributed by atoms with Crippen molar-refractivity contribution in [3.8, 4) is 11.5 Å². The van der Waals surface area contributed by atoms with E-state index in [0.717, 1.165) is 36.6 Å². The molecule has 0 saturated heterocycles. The Labute approximate surface area is 152 Å². The lowest BCUT2D eigenvalue weighted by molar-refractivity contribution is -0.126. The highest BCUT2D eigenvalue weighted by molar-refractivity contribution is 5.83. The standard InChI is InChI=1S/C18H23N5O3/c1-22(2)17(12-3-4-15-16(7-12)26-11-25-15)18(24)20-9-13-8-14-10-19-5-6-23(14)21-13/h3-4,7-8,17,19H,5-6,9-11H2,1-2H3,(H,20,24)/t17-/m1/s1. The van der Waals surface area contributed by atoms with Gasteiger partial charge in [0, 0.05) is 13.1 Å². The molecule has 3 heterocycles. The number of carbonyl (C=O) groups is 1. The maximum absolute atomic E-state index is 12.8. The number of aromatic nitrogens is 2. The van der Waals surface area contributed by atoms with Gasteiger partial charge in [0.2, 0.25) is 12.7 Å². The maximum atomic E-state index is 12.8. The van der Waals surface area contributed by atoms with Gasteiger partial charge in [0.25, 0.3) is 0 Å². The monoisotopic (exact) mass is 357 g/mol. The Morgan fingerprint density at radius 3 is 3.00 bits per heavy atom. The number of rotatable bonds is 5. The molecule has 0 spiro atoms. The Morgan fingerprint density at radius 1 is 1.35 bits per heavy atom. The molecule has 26 heavy (non-hydrogen) atoms. The van der Waals surface area contributed by atoms with E-state index in [1.165, 1.54) is 0 Å². The van der Waals surface area contributed by atoms with Gasteiger partial charge in [-0.2, -0.15) is 5.10 Å². The topological polar surface area (TPSA) is 80.7 Å². The third kappa shape index (κ3) is 3.25. The summed E-state index contributed by atoms with van der Waals surface area (Å²) in [4.78, 5) is 14.7. The summed E-state index contributed by atoms with van der Waals surface area (Å²) in [5.74, 6) is 1.32. The predicted molar refractivity (Wildman–Crippen MR) is 94.8 cm³/mol. The van der Waals surface area contributed by atoms with Gasteiger partial charge in [-0.1, -0.05) is 6.07 Å². The molecule has 1 atom stereocenters. The number of likely N-dealkylation sites (N-methyl/N-ethyl adjacent to an activating group) is 1. The molecular weight excluding hydrogens is 334 g/mol. The van der Waals surface area contributed by atoms with Gasteiger partial charge in [-0.3, -0.25) is 14.4 Å². The van der Waals surface area contributed by atoms with E-state index in [1.54, 1.807) is 0 Å². The average Bonchev–Trinajstić information content (AvgIpc) is 3.25. The number of hydrogen-bond acceptors (Lipinski definition) is 6. The lowest BCUT2D eigenvalue weighted by atomic mass is 10.0. The van der Waals surface area contributed by atoms with Crippen LogP contribution in [-0.2, 0) is 24.4 Å². The van der Waals surface area contributed by atoms with Crippen molar-refractivity contribution in [3.05, 3.63) is 41.2 Å². The summed E-state index contributed by atoms with van der Waals surface area (Å²) in [5.41, 5.74) is 2.89. The van der Waals surface area contributed by atoms with E-state index in [4.69, 9.17) is 9.47 Å². The zero-order valence-electron chi connectivity index (χ0n) is 15.0. The number of carbonyl (C=O) groups excluding carboxylic acids is 1. The second-order valence-corrected chi connectivity index (χ2v) is 6.72. The first-order valence-corrected chi connectivity index (χ1v) is 8.72. The van der Waals surface area contributed by atoms with Crippen molar-refractivity contribution in [2.75, 3.05) is 27.4 Å². The first-order chi connectivity index (χ1) is 12.6. The summed E-state index contributed by atoms with van der Waals surface area (Å²) < 4.78 is 12.8. The first-order valence-electron chi connectivity index (χ1n) is 8.72. The molecule has 2 aliphatic heterocycles. The van der Waals surface area contributed by atoms with E-state index < -0.39 is 6.04 Å². The number of fused-ring (bicyclic) bond motifs is 2. The molecular formula is C18H23N5O3. The molecule has 2 aromatic rings. The SMILES string of the molecule is CN(C)[C@@H](C(=O)NCc1cc2n(n1)CCNC2)c1ccc2c(c1)OCO2. The Morgan fingerprint density at radius 2 is 2.19 bits per heavy atom. The molecule has 0 saturated carbocycles. The highest BCUT2D eigenvalue weighted by atomic mass is 16.7. The van der Waals surface area contributed by atoms with Gasteiger partial charge in [0.05, 0.1) is 24.5 Å². The summed E-state index contributed by atoms with van der Waals surface area (Å²) >= 11 is 0. The zero-order valence-corrected chi connectivity index (χ0v) is 15.0. The lowest BCUT2D eigenvalue weighted by Crippen LogP contribution is -2.36. The van der Waals surface area contributed by atoms with Gasteiger partial charge in [0.1, 0.15) is 6.04 Å². The smallest absolute Gasteiger partial charge is 0.242 e. The fourth-order valence-corrected chi connectivity index (χ4v) is 3.38. The molecule has 0 fully saturated rings. The van der Waals surface area contributed by atoms with E-state index >= 15 is 0 Å². The van der Waals surface area contributed by atoms with Gasteiger partial charge in [-0.05, 0) is 37.9 Å². The van der Waals surface area contributed by atoms with Gasteiger partial charge in [-0.15, -0.1) is 0 Å². The molecule has 8 nitrogen and oxygen atoms in total. The first kappa shape index (κ1) is 16.9. The minimum atomic E-state index is -0.414. The number of ether oxygens (including phenoxy) is 2. The van der Waals surface area contributed by atoms with Crippen LogP contribution in [-0.4, -0.2) is 48.0 Å². The van der Waals surface area contributed by atoms with Crippen molar-refractivity contribution in [1.82, 2.24) is 25.3 Å². The normalized spacial score (nSPS) is 16.4. The van der Waals surface area contributed by atoms with Crippen LogP contribution < -0.4 is 20.1 Å². The molecule has 138 valence electrons. The van der Waals surface area contributed by atoms with E-state index in [2.05, 4.69) is 15.7 Å². The molecule has 1 aromatic carbocycles. The van der Waals surface area contributed by atoms with Gasteiger partial charge in [-0.25, -0.2) is 0 Å². The summed E-state index contributed by atoms with van der Waals surface area (Å²) in [6, 6.07) is 7.24. The van der Waals surface area contributed by atoms with Crippen LogP contribution in [0, 0.1) is 0 Å². The lowest BCUT2D eigenvalue weighted by Gasteiger charge is -2.23. The van der Waals surface area contributed by atoms with Crippen LogP contribution in [0.3, 0.4) is 0 Å². The average molecular weight is 357 g/mol. The van der Waals surface area contributed by atoms with Gasteiger partial charge < -0.3 is 20.1 Å². The van der Waals surface area contributed by atoms with E-state index in [9.17, 15) is 4.79 Å². The molecule has 1 aromatic heterocycles. The number of benzene rings is 1. The highest BCUT2D eigenvalue weighted by Gasteiger charge is 2.25. The molecule has 0 bridgehead atoms. The minimum Gasteiger partial charge on any atom is -0.454 e. The fourth-order valence-electron chi connectivity index (χ4n) is 3.38. The van der Waals surface area contributed by atoms with Crippen molar-refractivity contribution >= 4 is 5.91 Å². The van der Waals surface area contributed by atoms with Crippen LogP contribution in [0.4, 0.5) is 0 Å². The van der Waals surface area contributed by atoms with Crippen molar-refractivity contribution in [2.24, 2.45) is 0 Å². The number of amides is 1. The van der Waals surface area contributed by atoms with Crippen LogP contribution in [0.15, 0.2) is 24.3 Å². The van der Waals surface area contributed by atoms with Gasteiger partial charge in [0.15, 0.2) is 11.5 Å². The summed E-state index contributed by atoms with van der Waals surface area (Å²) in [6.45, 7) is 3.23. The van der Waals surface area contributed by atoms with Gasteiger partial charge >= 0.3 is 0 Å². The van der Waals surface area contributed by atoms with Crippen molar-refractivity contribution in [2.45, 2.75) is 25.7 Å². The van der Waals surface area contributed by atoms with Crippen LogP contribution in [0.1, 0.15) is 23.0 Å². The molecule has 4 rings (SSSR count). The maximum Gasteiger partial charge on any atom is 0.242 e. The van der Waals surface area contributed by atoms with E-state index in [0.29, 0.717) is 18.0 Å². The highest BCUT2D eigenvalue weighted by Crippen LogP contribution is 2.35. The zero-order chi connectivity index (χ0) is 18.1. The predicted octanol–water partition coefficient (Wildman–Crippen LogP) is 0.634. The molecule has 0 unspecified atom stereocenters. The Balaban J connectivity index is 1.46. The third-order valence-corrected chi connectivity index (χ3v) is 4.64. The van der Waals surface area contributed by atoms with Crippen molar-refractivity contribution in [3.63, 3.8) is 0 Å². The summed E-state index contributed by atoms with van der Waals surface area (Å²) in [7, 11) is 3.77. The molecule has 2 aliphatic rings. The number of nitrogens with zero attached hydrogens (tertiary/aromatic N) is 3. The van der Waals surface area contributed by atoms with Crippen LogP contribution in [0.5, 0.6) is 11.5 Å². The van der Waals surface area contributed by atoms with E-state index in [1.807, 2.05) is 47.9 Å². The van der Waals surface area contributed by atoms with Crippen LogP contribution in [0.2, 0.25) is 0 Å². The Kier molecular flexibility index (Phi) is 4.52. The van der Waals surface area contributed by atoms with E-state index in [-0.39, 0.29) is 12.7 Å². The largest absolute Gasteiger partial charge is 0.454 e. The second kappa shape index (κ2) is 6.97. The van der Waals surface area contributed by atoms with Crippen LogP contribution >= 0.6 is 0 Å². The molecule has 0 radical (unpaired) electrons. The molecule has 0 aliphatic carbocycles. The number of nitrogens with one attached hydrogen (secondary N) is 2. The Bertz CT molecular complexity index is 794. The molecule has 1 amide bonds. The van der Waals surface area contributed by atoms with Crippen molar-refractivity contribution < 1.29 is 14.3 Å². The fraction of sp³-hybridized carbons (Fsp3) is 0.444. The molecule has 8 heteroatoms. The quantitative estimate of drug-likeness (QED) is 0.817. The summed E-state index contributed by atoms with van der Waals surface area (Å²) in [5, 5.41) is 10.9. The third-order valence-electron chi connectivity index (χ3n) is 4.64. The summed E-state index contributed by atoms with van der Waals surface area (Å²) in [6.07, 6.45) is 0. The minimum absolute atomic E-state index is 0.0713. The number of hydrogen-bond donors (Lipinski definition) is 2. The molecule has 2 N–H and O–H groups in total. The second-order valence-electron chi connectivity index (χ2n) is 6.72.